The van der Waals surface area contributed by atoms with E-state index < -0.39 is 27.9 Å². The summed E-state index contributed by atoms with van der Waals surface area (Å²) in [5.74, 6) is -1.44. The predicted molar refractivity (Wildman–Crippen MR) is 100.0 cm³/mol. The number of rotatable bonds is 4. The number of benzene rings is 1. The Morgan fingerprint density at radius 1 is 0.963 bits per heavy atom. The highest BCUT2D eigenvalue weighted by Gasteiger charge is 2.33. The number of piperidine rings is 1. The van der Waals surface area contributed by atoms with Gasteiger partial charge in [-0.1, -0.05) is 18.9 Å². The molecule has 8 heteroatoms. The minimum absolute atomic E-state index is 0.0964. The van der Waals surface area contributed by atoms with Crippen molar-refractivity contribution in [2.75, 3.05) is 19.6 Å². The molecule has 27 heavy (non-hydrogen) atoms. The van der Waals surface area contributed by atoms with E-state index in [2.05, 4.69) is 0 Å². The van der Waals surface area contributed by atoms with Crippen LogP contribution in [0.4, 0.5) is 0 Å². The van der Waals surface area contributed by atoms with Crippen molar-refractivity contribution in [3.05, 3.63) is 29.8 Å². The van der Waals surface area contributed by atoms with E-state index in [0.717, 1.165) is 38.5 Å². The van der Waals surface area contributed by atoms with Gasteiger partial charge in [-0.15, -0.1) is 0 Å². The zero-order chi connectivity index (χ0) is 19.4. The Balaban J connectivity index is 1.86. The first-order valence-electron chi connectivity index (χ1n) is 9.55. The molecule has 0 aliphatic carbocycles. The Bertz CT molecular complexity index is 800. The number of carbonyl (C=O) groups is 2. The van der Waals surface area contributed by atoms with Crippen molar-refractivity contribution in [1.82, 2.24) is 9.21 Å². The van der Waals surface area contributed by atoms with E-state index in [9.17, 15) is 23.1 Å². The van der Waals surface area contributed by atoms with E-state index >= 15 is 0 Å². The van der Waals surface area contributed by atoms with Gasteiger partial charge in [0.25, 0.3) is 5.91 Å². The normalized spacial score (nSPS) is 22.2. The molecule has 1 N–H and O–H groups in total. The van der Waals surface area contributed by atoms with Crippen LogP contribution in [0.3, 0.4) is 0 Å². The summed E-state index contributed by atoms with van der Waals surface area (Å²) in [7, 11) is -3.66. The number of nitrogens with zero attached hydrogens (tertiary/aromatic N) is 2. The summed E-state index contributed by atoms with van der Waals surface area (Å²) >= 11 is 0. The minimum Gasteiger partial charge on any atom is -0.480 e. The molecule has 7 nitrogen and oxygen atoms in total. The fourth-order valence-electron chi connectivity index (χ4n) is 3.82. The first-order chi connectivity index (χ1) is 12.9. The van der Waals surface area contributed by atoms with Crippen LogP contribution in [0.2, 0.25) is 0 Å². The van der Waals surface area contributed by atoms with Gasteiger partial charge in [0.15, 0.2) is 0 Å². The molecule has 2 aliphatic rings. The van der Waals surface area contributed by atoms with E-state index in [1.165, 1.54) is 21.3 Å². The lowest BCUT2D eigenvalue weighted by Gasteiger charge is -2.33. The smallest absolute Gasteiger partial charge is 0.326 e. The fourth-order valence-corrected chi connectivity index (χ4v) is 5.38. The van der Waals surface area contributed by atoms with Gasteiger partial charge in [0.05, 0.1) is 4.90 Å². The average molecular weight is 394 g/mol. The van der Waals surface area contributed by atoms with Crippen LogP contribution < -0.4 is 0 Å². The average Bonchev–Trinajstić information content (AvgIpc) is 2.97. The van der Waals surface area contributed by atoms with Crippen molar-refractivity contribution in [2.45, 2.75) is 55.9 Å². The number of amides is 1. The molecule has 2 saturated heterocycles. The van der Waals surface area contributed by atoms with Gasteiger partial charge in [-0.3, -0.25) is 4.79 Å². The Labute approximate surface area is 160 Å². The molecule has 2 heterocycles. The van der Waals surface area contributed by atoms with Crippen molar-refractivity contribution in [2.24, 2.45) is 0 Å². The highest BCUT2D eigenvalue weighted by molar-refractivity contribution is 7.89. The first-order valence-corrected chi connectivity index (χ1v) is 11.0. The molecule has 0 radical (unpaired) electrons. The molecule has 0 bridgehead atoms. The zero-order valence-corrected chi connectivity index (χ0v) is 16.2. The lowest BCUT2D eigenvalue weighted by atomic mass is 10.0. The predicted octanol–water partition coefficient (Wildman–Crippen LogP) is 2.33. The standard InChI is InChI=1S/C19H26N2O5S/c22-18(21-13-6-3-10-17(21)19(23)24)15-8-7-9-16(14-15)27(25,26)20-11-4-1-2-5-12-20/h7-9,14,17H,1-6,10-13H2,(H,23,24)/t17-/m0/s1. The second-order valence-electron chi connectivity index (χ2n) is 7.19. The van der Waals surface area contributed by atoms with Gasteiger partial charge < -0.3 is 10.0 Å². The Kier molecular flexibility index (Phi) is 6.16. The number of sulfonamides is 1. The second-order valence-corrected chi connectivity index (χ2v) is 9.13. The molecule has 2 fully saturated rings. The largest absolute Gasteiger partial charge is 0.480 e. The van der Waals surface area contributed by atoms with Gasteiger partial charge in [0, 0.05) is 25.2 Å². The van der Waals surface area contributed by atoms with Crippen molar-refractivity contribution in [3.8, 4) is 0 Å². The number of carboxylic acids is 1. The Hall–Kier alpha value is -1.93. The van der Waals surface area contributed by atoms with Gasteiger partial charge in [0.1, 0.15) is 6.04 Å². The number of carboxylic acid groups (broad SMARTS) is 1. The minimum atomic E-state index is -3.66. The molecule has 1 aromatic rings. The van der Waals surface area contributed by atoms with Gasteiger partial charge in [0.2, 0.25) is 10.0 Å². The summed E-state index contributed by atoms with van der Waals surface area (Å²) in [6, 6.07) is 5.14. The molecule has 148 valence electrons. The van der Waals surface area contributed by atoms with Crippen LogP contribution in [0.1, 0.15) is 55.3 Å². The van der Waals surface area contributed by atoms with Gasteiger partial charge in [-0.2, -0.15) is 4.31 Å². The maximum absolute atomic E-state index is 13.0. The van der Waals surface area contributed by atoms with Crippen molar-refractivity contribution in [3.63, 3.8) is 0 Å². The third kappa shape index (κ3) is 4.32. The molecule has 0 saturated carbocycles. The lowest BCUT2D eigenvalue weighted by Crippen LogP contribution is -2.48. The molecule has 3 rings (SSSR count). The molecule has 1 aromatic carbocycles. The maximum Gasteiger partial charge on any atom is 0.326 e. The summed E-state index contributed by atoms with van der Waals surface area (Å²) in [5.41, 5.74) is 0.221. The molecular formula is C19H26N2O5S. The molecule has 2 aliphatic heterocycles. The summed E-state index contributed by atoms with van der Waals surface area (Å²) in [6.07, 6.45) is 5.67. The Morgan fingerprint density at radius 3 is 2.30 bits per heavy atom. The van der Waals surface area contributed by atoms with E-state index in [4.69, 9.17) is 0 Å². The molecule has 1 amide bonds. The van der Waals surface area contributed by atoms with E-state index in [1.54, 1.807) is 12.1 Å². The maximum atomic E-state index is 13.0. The van der Waals surface area contributed by atoms with Crippen LogP contribution in [0.15, 0.2) is 29.2 Å². The number of likely N-dealkylation sites (tertiary alicyclic amines) is 1. The van der Waals surface area contributed by atoms with Gasteiger partial charge >= 0.3 is 5.97 Å². The highest BCUT2D eigenvalue weighted by Crippen LogP contribution is 2.24. The van der Waals surface area contributed by atoms with Crippen LogP contribution in [-0.2, 0) is 14.8 Å². The van der Waals surface area contributed by atoms with Gasteiger partial charge in [-0.05, 0) is 50.3 Å². The molecule has 1 atom stereocenters. The summed E-state index contributed by atoms with van der Waals surface area (Å²) in [6.45, 7) is 1.36. The van der Waals surface area contributed by atoms with Crippen LogP contribution in [0, 0.1) is 0 Å². The molecule has 0 aromatic heterocycles. The van der Waals surface area contributed by atoms with Crippen molar-refractivity contribution >= 4 is 21.9 Å². The monoisotopic (exact) mass is 394 g/mol. The SMILES string of the molecule is O=C(O)[C@@H]1CCCCN1C(=O)c1cccc(S(=O)(=O)N2CCCCCC2)c1. The molecule has 0 spiro atoms. The van der Waals surface area contributed by atoms with Crippen molar-refractivity contribution < 1.29 is 23.1 Å². The van der Waals surface area contributed by atoms with E-state index in [-0.39, 0.29) is 10.5 Å². The first kappa shape index (κ1) is 19.8. The van der Waals surface area contributed by atoms with Crippen LogP contribution in [-0.4, -0.2) is 60.3 Å². The second kappa shape index (κ2) is 8.39. The zero-order valence-electron chi connectivity index (χ0n) is 15.3. The number of hydrogen-bond donors (Lipinski definition) is 1. The van der Waals surface area contributed by atoms with Crippen LogP contribution >= 0.6 is 0 Å². The fraction of sp³-hybridized carbons (Fsp3) is 0.579. The lowest BCUT2D eigenvalue weighted by molar-refractivity contribution is -0.143. The summed E-state index contributed by atoms with van der Waals surface area (Å²) in [4.78, 5) is 25.8. The number of carbonyl (C=O) groups excluding carboxylic acids is 1. The third-order valence-electron chi connectivity index (χ3n) is 5.33. The van der Waals surface area contributed by atoms with Gasteiger partial charge in [-0.25, -0.2) is 13.2 Å². The molecule has 0 unspecified atom stereocenters. The van der Waals surface area contributed by atoms with E-state index in [1.807, 2.05) is 0 Å². The highest BCUT2D eigenvalue weighted by atomic mass is 32.2. The van der Waals surface area contributed by atoms with Crippen LogP contribution in [0.25, 0.3) is 0 Å². The number of hydrogen-bond acceptors (Lipinski definition) is 4. The number of aliphatic carboxylic acids is 1. The summed E-state index contributed by atoms with van der Waals surface area (Å²) in [5, 5.41) is 9.39. The van der Waals surface area contributed by atoms with E-state index in [0.29, 0.717) is 26.1 Å². The van der Waals surface area contributed by atoms with Crippen LogP contribution in [0.5, 0.6) is 0 Å². The topological polar surface area (TPSA) is 95.0 Å². The Morgan fingerprint density at radius 2 is 1.63 bits per heavy atom. The third-order valence-corrected chi connectivity index (χ3v) is 7.23. The summed E-state index contributed by atoms with van der Waals surface area (Å²) < 4.78 is 27.4. The quantitative estimate of drug-likeness (QED) is 0.846. The van der Waals surface area contributed by atoms with Crippen molar-refractivity contribution in [1.29, 1.82) is 0 Å². The molecular weight excluding hydrogens is 368 g/mol.